The second kappa shape index (κ2) is 7.92. The number of hydrogen-bond donors (Lipinski definition) is 1. The van der Waals surface area contributed by atoms with Crippen LogP contribution in [0.1, 0.15) is 38.9 Å². The van der Waals surface area contributed by atoms with E-state index in [1.54, 1.807) is 7.11 Å². The predicted molar refractivity (Wildman–Crippen MR) is 77.7 cm³/mol. The van der Waals surface area contributed by atoms with Crippen molar-refractivity contribution in [3.8, 4) is 0 Å². The molecule has 1 N–H and O–H groups in total. The van der Waals surface area contributed by atoms with E-state index in [1.165, 1.54) is 5.69 Å². The van der Waals surface area contributed by atoms with Gasteiger partial charge in [-0.1, -0.05) is 13.8 Å². The second-order valence-electron chi connectivity index (χ2n) is 4.60. The van der Waals surface area contributed by atoms with Crippen LogP contribution in [0.5, 0.6) is 0 Å². The van der Waals surface area contributed by atoms with Gasteiger partial charge in [0.1, 0.15) is 0 Å². The minimum Gasteiger partial charge on any atom is -0.384 e. The van der Waals surface area contributed by atoms with Crippen LogP contribution in [0.15, 0.2) is 10.7 Å². The fourth-order valence-corrected chi connectivity index (χ4v) is 2.84. The van der Waals surface area contributed by atoms with E-state index in [-0.39, 0.29) is 0 Å². The molecule has 0 aliphatic carbocycles. The maximum Gasteiger partial charge on any atom is 0.0695 e. The Morgan fingerprint density at radius 1 is 1.50 bits per heavy atom. The Morgan fingerprint density at radius 3 is 2.78 bits per heavy atom. The lowest BCUT2D eigenvalue weighted by atomic mass is 10.00. The van der Waals surface area contributed by atoms with Gasteiger partial charge in [0, 0.05) is 20.3 Å². The number of methoxy groups -OCH3 is 1. The lowest BCUT2D eigenvalue weighted by molar-refractivity contribution is 0.148. The molecule has 1 aromatic heterocycles. The van der Waals surface area contributed by atoms with Gasteiger partial charge in [-0.2, -0.15) is 5.10 Å². The van der Waals surface area contributed by atoms with E-state index in [0.717, 1.165) is 30.6 Å². The summed E-state index contributed by atoms with van der Waals surface area (Å²) in [5, 5.41) is 7.93. The van der Waals surface area contributed by atoms with Crippen LogP contribution in [-0.4, -0.2) is 30.0 Å². The summed E-state index contributed by atoms with van der Waals surface area (Å²) < 4.78 is 8.36. The average Bonchev–Trinajstić information content (AvgIpc) is 2.70. The SMILES string of the molecule is CCNC(CC(C)COC)c1c(Br)cnn1CC. The van der Waals surface area contributed by atoms with E-state index in [9.17, 15) is 0 Å². The van der Waals surface area contributed by atoms with Crippen LogP contribution >= 0.6 is 15.9 Å². The van der Waals surface area contributed by atoms with E-state index < -0.39 is 0 Å². The maximum atomic E-state index is 5.22. The summed E-state index contributed by atoms with van der Waals surface area (Å²) in [5.74, 6) is 0.520. The zero-order chi connectivity index (χ0) is 13.5. The highest BCUT2D eigenvalue weighted by atomic mass is 79.9. The zero-order valence-corrected chi connectivity index (χ0v) is 13.3. The van der Waals surface area contributed by atoms with E-state index >= 15 is 0 Å². The molecule has 2 unspecified atom stereocenters. The first kappa shape index (κ1) is 15.7. The third-order valence-corrected chi connectivity index (χ3v) is 3.61. The second-order valence-corrected chi connectivity index (χ2v) is 5.45. The molecule has 0 saturated carbocycles. The van der Waals surface area contributed by atoms with Gasteiger partial charge >= 0.3 is 0 Å². The Hall–Kier alpha value is -0.390. The van der Waals surface area contributed by atoms with Gasteiger partial charge in [-0.3, -0.25) is 4.68 Å². The Balaban J connectivity index is 2.85. The van der Waals surface area contributed by atoms with Crippen LogP contribution in [0.2, 0.25) is 0 Å². The third-order valence-electron chi connectivity index (χ3n) is 3.00. The molecule has 0 amide bonds. The van der Waals surface area contributed by atoms with Crippen molar-refractivity contribution in [2.75, 3.05) is 20.3 Å². The Bertz CT molecular complexity index is 354. The molecule has 0 saturated heterocycles. The van der Waals surface area contributed by atoms with Crippen LogP contribution < -0.4 is 5.32 Å². The first-order chi connectivity index (χ1) is 8.63. The highest BCUT2D eigenvalue weighted by Crippen LogP contribution is 2.28. The van der Waals surface area contributed by atoms with Gasteiger partial charge in [0.15, 0.2) is 0 Å². The quantitative estimate of drug-likeness (QED) is 0.801. The van der Waals surface area contributed by atoms with Gasteiger partial charge in [-0.15, -0.1) is 0 Å². The van der Waals surface area contributed by atoms with Crippen LogP contribution in [0.3, 0.4) is 0 Å². The van der Waals surface area contributed by atoms with Gasteiger partial charge in [0.25, 0.3) is 0 Å². The molecule has 2 atom stereocenters. The summed E-state index contributed by atoms with van der Waals surface area (Å²) in [7, 11) is 1.75. The van der Waals surface area contributed by atoms with E-state index in [1.807, 2.05) is 6.20 Å². The number of hydrogen-bond acceptors (Lipinski definition) is 3. The minimum atomic E-state index is 0.317. The minimum absolute atomic E-state index is 0.317. The summed E-state index contributed by atoms with van der Waals surface area (Å²) in [6.45, 7) is 9.10. The van der Waals surface area contributed by atoms with E-state index in [0.29, 0.717) is 12.0 Å². The van der Waals surface area contributed by atoms with Gasteiger partial charge in [-0.25, -0.2) is 0 Å². The summed E-state index contributed by atoms with van der Waals surface area (Å²) in [6.07, 6.45) is 2.93. The topological polar surface area (TPSA) is 39.1 Å². The van der Waals surface area contributed by atoms with Crippen LogP contribution in [-0.2, 0) is 11.3 Å². The van der Waals surface area contributed by atoms with Crippen molar-refractivity contribution < 1.29 is 4.74 Å². The Labute approximate surface area is 118 Å². The monoisotopic (exact) mass is 317 g/mol. The smallest absolute Gasteiger partial charge is 0.0695 e. The molecule has 0 aromatic carbocycles. The van der Waals surface area contributed by atoms with Crippen LogP contribution in [0.25, 0.3) is 0 Å². The molecule has 0 fully saturated rings. The maximum absolute atomic E-state index is 5.22. The van der Waals surface area contributed by atoms with E-state index in [2.05, 4.69) is 51.8 Å². The lowest BCUT2D eigenvalue weighted by Gasteiger charge is -2.23. The summed E-state index contributed by atoms with van der Waals surface area (Å²) in [6, 6.07) is 0.317. The molecule has 0 radical (unpaired) electrons. The van der Waals surface area contributed by atoms with Crippen molar-refractivity contribution in [2.45, 2.75) is 39.8 Å². The number of ether oxygens (including phenoxy) is 1. The van der Waals surface area contributed by atoms with Crippen molar-refractivity contribution in [2.24, 2.45) is 5.92 Å². The van der Waals surface area contributed by atoms with Crippen molar-refractivity contribution >= 4 is 15.9 Å². The standard InChI is InChI=1S/C13H24BrN3O/c1-5-15-12(7-10(3)9-18-4)13-11(14)8-16-17(13)6-2/h8,10,12,15H,5-7,9H2,1-4H3. The largest absolute Gasteiger partial charge is 0.384 e. The van der Waals surface area contributed by atoms with Crippen molar-refractivity contribution in [1.29, 1.82) is 0 Å². The van der Waals surface area contributed by atoms with E-state index in [4.69, 9.17) is 4.74 Å². The van der Waals surface area contributed by atoms with Gasteiger partial charge in [0.05, 0.1) is 22.4 Å². The molecule has 0 aliphatic rings. The Kier molecular flexibility index (Phi) is 6.89. The zero-order valence-electron chi connectivity index (χ0n) is 11.7. The fraction of sp³-hybridized carbons (Fsp3) is 0.769. The molecule has 1 rings (SSSR count). The predicted octanol–water partition coefficient (Wildman–Crippen LogP) is 2.99. The number of aromatic nitrogens is 2. The molecule has 4 nitrogen and oxygen atoms in total. The number of halogens is 1. The summed E-state index contributed by atoms with van der Waals surface area (Å²) in [4.78, 5) is 0. The average molecular weight is 318 g/mol. The highest BCUT2D eigenvalue weighted by Gasteiger charge is 2.21. The number of rotatable bonds is 8. The van der Waals surface area contributed by atoms with Crippen LogP contribution in [0, 0.1) is 5.92 Å². The van der Waals surface area contributed by atoms with Gasteiger partial charge in [-0.05, 0) is 41.7 Å². The molecule has 104 valence electrons. The molecule has 1 aromatic rings. The van der Waals surface area contributed by atoms with Gasteiger partial charge in [0.2, 0.25) is 0 Å². The van der Waals surface area contributed by atoms with Gasteiger partial charge < -0.3 is 10.1 Å². The third kappa shape index (κ3) is 4.07. The molecular weight excluding hydrogens is 294 g/mol. The van der Waals surface area contributed by atoms with Crippen molar-refractivity contribution in [3.05, 3.63) is 16.4 Å². The first-order valence-electron chi connectivity index (χ1n) is 6.57. The molecule has 0 spiro atoms. The number of nitrogens with zero attached hydrogens (tertiary/aromatic N) is 2. The Morgan fingerprint density at radius 2 is 2.22 bits per heavy atom. The molecule has 5 heteroatoms. The molecule has 0 aliphatic heterocycles. The summed E-state index contributed by atoms with van der Waals surface area (Å²) in [5.41, 5.74) is 1.24. The molecule has 0 bridgehead atoms. The van der Waals surface area contributed by atoms with Crippen molar-refractivity contribution in [1.82, 2.24) is 15.1 Å². The highest BCUT2D eigenvalue weighted by molar-refractivity contribution is 9.10. The molecule has 1 heterocycles. The molecule has 18 heavy (non-hydrogen) atoms. The first-order valence-corrected chi connectivity index (χ1v) is 7.36. The van der Waals surface area contributed by atoms with Crippen LogP contribution in [0.4, 0.5) is 0 Å². The van der Waals surface area contributed by atoms with Crippen molar-refractivity contribution in [3.63, 3.8) is 0 Å². The lowest BCUT2D eigenvalue weighted by Crippen LogP contribution is -2.26. The fourth-order valence-electron chi connectivity index (χ4n) is 2.26. The summed E-state index contributed by atoms with van der Waals surface area (Å²) >= 11 is 3.60. The number of nitrogens with one attached hydrogen (secondary N) is 1. The molecular formula is C13H24BrN3O. The number of aryl methyl sites for hydroxylation is 1. The normalized spacial score (nSPS) is 14.7.